The first-order chi connectivity index (χ1) is 6.93. The molecule has 0 atom stereocenters. The van der Waals surface area contributed by atoms with E-state index in [4.69, 9.17) is 4.74 Å². The largest absolute Gasteiger partial charge is 0.380 e. The Labute approximate surface area is 84.7 Å². The summed E-state index contributed by atoms with van der Waals surface area (Å²) in [5.41, 5.74) is 0.961. The summed E-state index contributed by atoms with van der Waals surface area (Å²) in [4.78, 5) is 0. The van der Waals surface area contributed by atoms with Crippen LogP contribution in [-0.4, -0.2) is 30.0 Å². The molecule has 0 amide bonds. The fraction of sp³-hybridized carbons (Fsp3) is 0.600. The van der Waals surface area contributed by atoms with Crippen molar-refractivity contribution >= 4 is 0 Å². The maximum atomic E-state index is 5.32. The lowest BCUT2D eigenvalue weighted by molar-refractivity contribution is 0.136. The van der Waals surface area contributed by atoms with Crippen molar-refractivity contribution in [2.75, 3.05) is 19.8 Å². The molecule has 1 aromatic rings. The number of hydrogen-bond donors (Lipinski definition) is 1. The minimum absolute atomic E-state index is 0.753. The SMILES string of the molecule is CCCOCCNCc1cccnn1. The number of aromatic nitrogens is 2. The summed E-state index contributed by atoms with van der Waals surface area (Å²) >= 11 is 0. The molecule has 78 valence electrons. The smallest absolute Gasteiger partial charge is 0.0768 e. The highest BCUT2D eigenvalue weighted by atomic mass is 16.5. The van der Waals surface area contributed by atoms with Crippen molar-refractivity contribution in [2.24, 2.45) is 0 Å². The Morgan fingerprint density at radius 1 is 1.43 bits per heavy atom. The van der Waals surface area contributed by atoms with E-state index in [9.17, 15) is 0 Å². The highest BCUT2D eigenvalue weighted by Gasteiger charge is 1.92. The van der Waals surface area contributed by atoms with E-state index in [-0.39, 0.29) is 0 Å². The minimum atomic E-state index is 0.753. The molecule has 1 aromatic heterocycles. The van der Waals surface area contributed by atoms with Crippen molar-refractivity contribution in [3.8, 4) is 0 Å². The summed E-state index contributed by atoms with van der Waals surface area (Å²) in [5, 5.41) is 11.0. The van der Waals surface area contributed by atoms with Crippen molar-refractivity contribution in [3.63, 3.8) is 0 Å². The third-order valence-corrected chi connectivity index (χ3v) is 1.71. The molecule has 0 aliphatic rings. The van der Waals surface area contributed by atoms with Gasteiger partial charge in [-0.2, -0.15) is 10.2 Å². The van der Waals surface area contributed by atoms with Crippen molar-refractivity contribution in [1.82, 2.24) is 15.5 Å². The minimum Gasteiger partial charge on any atom is -0.380 e. The maximum Gasteiger partial charge on any atom is 0.0768 e. The lowest BCUT2D eigenvalue weighted by Gasteiger charge is -2.04. The Balaban J connectivity index is 1.99. The average Bonchev–Trinajstić information content (AvgIpc) is 2.25. The van der Waals surface area contributed by atoms with Gasteiger partial charge >= 0.3 is 0 Å². The van der Waals surface area contributed by atoms with Crippen LogP contribution in [0, 0.1) is 0 Å². The second kappa shape index (κ2) is 7.41. The second-order valence-electron chi connectivity index (χ2n) is 3.00. The molecule has 0 bridgehead atoms. The lowest BCUT2D eigenvalue weighted by atomic mass is 10.4. The number of hydrogen-bond acceptors (Lipinski definition) is 4. The van der Waals surface area contributed by atoms with Crippen LogP contribution >= 0.6 is 0 Å². The van der Waals surface area contributed by atoms with E-state index in [1.807, 2.05) is 12.1 Å². The molecule has 0 radical (unpaired) electrons. The number of rotatable bonds is 7. The van der Waals surface area contributed by atoms with Crippen molar-refractivity contribution < 1.29 is 4.74 Å². The molecule has 0 saturated carbocycles. The van der Waals surface area contributed by atoms with Crippen LogP contribution in [0.25, 0.3) is 0 Å². The van der Waals surface area contributed by atoms with Gasteiger partial charge in [-0.1, -0.05) is 6.92 Å². The predicted octanol–water partition coefficient (Wildman–Crippen LogP) is 0.993. The number of nitrogens with one attached hydrogen (secondary N) is 1. The Morgan fingerprint density at radius 2 is 2.36 bits per heavy atom. The molecule has 0 unspecified atom stereocenters. The van der Waals surface area contributed by atoms with Gasteiger partial charge in [-0.05, 0) is 18.6 Å². The first-order valence-electron chi connectivity index (χ1n) is 4.98. The van der Waals surface area contributed by atoms with Gasteiger partial charge in [-0.15, -0.1) is 0 Å². The van der Waals surface area contributed by atoms with Crippen LogP contribution in [0.3, 0.4) is 0 Å². The van der Waals surface area contributed by atoms with Crippen LogP contribution in [-0.2, 0) is 11.3 Å². The molecule has 0 aliphatic carbocycles. The van der Waals surface area contributed by atoms with E-state index in [0.717, 1.165) is 38.4 Å². The normalized spacial score (nSPS) is 10.4. The summed E-state index contributed by atoms with van der Waals surface area (Å²) in [6.07, 6.45) is 2.75. The molecule has 4 nitrogen and oxygen atoms in total. The molecule has 0 saturated heterocycles. The molecule has 14 heavy (non-hydrogen) atoms. The molecule has 1 N–H and O–H groups in total. The van der Waals surface area contributed by atoms with Crippen LogP contribution in [0.5, 0.6) is 0 Å². The Kier molecular flexibility index (Phi) is 5.86. The van der Waals surface area contributed by atoms with Gasteiger partial charge < -0.3 is 10.1 Å². The molecule has 0 aliphatic heterocycles. The van der Waals surface area contributed by atoms with Gasteiger partial charge in [0.1, 0.15) is 0 Å². The standard InChI is InChI=1S/C10H17N3O/c1-2-7-14-8-6-11-9-10-4-3-5-12-13-10/h3-5,11H,2,6-9H2,1H3. The molecule has 4 heteroatoms. The molecule has 0 aromatic carbocycles. The lowest BCUT2D eigenvalue weighted by Crippen LogP contribution is -2.20. The van der Waals surface area contributed by atoms with Gasteiger partial charge in [0.25, 0.3) is 0 Å². The zero-order valence-electron chi connectivity index (χ0n) is 8.57. The summed E-state index contributed by atoms with van der Waals surface area (Å²) in [7, 11) is 0. The molecular formula is C10H17N3O. The van der Waals surface area contributed by atoms with E-state index < -0.39 is 0 Å². The Morgan fingerprint density at radius 3 is 3.07 bits per heavy atom. The average molecular weight is 195 g/mol. The Hall–Kier alpha value is -1.00. The molecule has 1 rings (SSSR count). The van der Waals surface area contributed by atoms with E-state index in [1.165, 1.54) is 0 Å². The molecule has 0 spiro atoms. The van der Waals surface area contributed by atoms with Crippen molar-refractivity contribution in [1.29, 1.82) is 0 Å². The fourth-order valence-electron chi connectivity index (χ4n) is 1.03. The van der Waals surface area contributed by atoms with Crippen LogP contribution in [0.1, 0.15) is 19.0 Å². The third kappa shape index (κ3) is 4.89. The second-order valence-corrected chi connectivity index (χ2v) is 3.00. The summed E-state index contributed by atoms with van der Waals surface area (Å²) in [5.74, 6) is 0. The van der Waals surface area contributed by atoms with Crippen LogP contribution in [0.2, 0.25) is 0 Å². The van der Waals surface area contributed by atoms with Gasteiger partial charge in [0, 0.05) is 25.9 Å². The first-order valence-corrected chi connectivity index (χ1v) is 4.98. The van der Waals surface area contributed by atoms with Gasteiger partial charge in [-0.25, -0.2) is 0 Å². The highest BCUT2D eigenvalue weighted by molar-refractivity contribution is 4.98. The molecular weight excluding hydrogens is 178 g/mol. The zero-order valence-corrected chi connectivity index (χ0v) is 8.57. The third-order valence-electron chi connectivity index (χ3n) is 1.71. The zero-order chi connectivity index (χ0) is 10.1. The highest BCUT2D eigenvalue weighted by Crippen LogP contribution is 1.88. The number of nitrogens with zero attached hydrogens (tertiary/aromatic N) is 2. The summed E-state index contributed by atoms with van der Waals surface area (Å²) in [6.45, 7) is 5.31. The van der Waals surface area contributed by atoms with E-state index in [1.54, 1.807) is 6.20 Å². The monoisotopic (exact) mass is 195 g/mol. The van der Waals surface area contributed by atoms with E-state index in [2.05, 4.69) is 22.4 Å². The van der Waals surface area contributed by atoms with Gasteiger partial charge in [0.15, 0.2) is 0 Å². The van der Waals surface area contributed by atoms with Crippen LogP contribution < -0.4 is 5.32 Å². The van der Waals surface area contributed by atoms with Crippen molar-refractivity contribution in [3.05, 3.63) is 24.0 Å². The number of ether oxygens (including phenoxy) is 1. The topological polar surface area (TPSA) is 47.0 Å². The van der Waals surface area contributed by atoms with Gasteiger partial charge in [0.05, 0.1) is 12.3 Å². The summed E-state index contributed by atoms with van der Waals surface area (Å²) < 4.78 is 5.32. The predicted molar refractivity (Wildman–Crippen MR) is 54.8 cm³/mol. The van der Waals surface area contributed by atoms with Gasteiger partial charge in [0.2, 0.25) is 0 Å². The fourth-order valence-corrected chi connectivity index (χ4v) is 1.03. The maximum absolute atomic E-state index is 5.32. The molecule has 0 fully saturated rings. The van der Waals surface area contributed by atoms with E-state index in [0.29, 0.717) is 0 Å². The van der Waals surface area contributed by atoms with E-state index >= 15 is 0 Å². The Bertz CT molecular complexity index is 228. The summed E-state index contributed by atoms with van der Waals surface area (Å²) in [6, 6.07) is 3.84. The van der Waals surface area contributed by atoms with Gasteiger partial charge in [-0.3, -0.25) is 0 Å². The molecule has 1 heterocycles. The van der Waals surface area contributed by atoms with Crippen LogP contribution in [0.4, 0.5) is 0 Å². The van der Waals surface area contributed by atoms with Crippen LogP contribution in [0.15, 0.2) is 18.3 Å². The quantitative estimate of drug-likeness (QED) is 0.659. The van der Waals surface area contributed by atoms with Crippen molar-refractivity contribution in [2.45, 2.75) is 19.9 Å². The first kappa shape index (κ1) is 11.1.